The number of nitrogens with zero attached hydrogens (tertiary/aromatic N) is 3. The van der Waals surface area contributed by atoms with E-state index in [1.165, 1.54) is 18.5 Å². The molecule has 0 atom stereocenters. The molecule has 0 bridgehead atoms. The number of nitrogens with one attached hydrogen (secondary N) is 2. The Morgan fingerprint density at radius 1 is 1.36 bits per heavy atom. The third-order valence-electron chi connectivity index (χ3n) is 3.89. The molecule has 1 fully saturated rings. The van der Waals surface area contributed by atoms with Crippen molar-refractivity contribution in [3.8, 4) is 0 Å². The average molecular weight is 386 g/mol. The van der Waals surface area contributed by atoms with E-state index < -0.39 is 15.8 Å². The third kappa shape index (κ3) is 3.62. The van der Waals surface area contributed by atoms with Crippen molar-refractivity contribution in [1.82, 2.24) is 9.97 Å². The summed E-state index contributed by atoms with van der Waals surface area (Å²) in [5.74, 6) is -0.0229. The lowest BCUT2D eigenvalue weighted by atomic mass is 10.2. The van der Waals surface area contributed by atoms with Crippen molar-refractivity contribution in [1.29, 1.82) is 0 Å². The quantitative estimate of drug-likeness (QED) is 0.769. The predicted molar refractivity (Wildman–Crippen MR) is 96.1 cm³/mol. The zero-order chi connectivity index (χ0) is 18.0. The normalized spacial score (nSPS) is 16.0. The Morgan fingerprint density at radius 2 is 2.16 bits per heavy atom. The monoisotopic (exact) mass is 385 g/mol. The predicted octanol–water partition coefficient (Wildman–Crippen LogP) is 2.46. The summed E-state index contributed by atoms with van der Waals surface area (Å²) in [4.78, 5) is 7.98. The number of rotatable bonds is 5. The Kier molecular flexibility index (Phi) is 4.96. The molecule has 1 saturated heterocycles. The lowest BCUT2D eigenvalue weighted by Gasteiger charge is -2.18. The van der Waals surface area contributed by atoms with Crippen LogP contribution >= 0.6 is 11.6 Å². The third-order valence-corrected chi connectivity index (χ3v) is 6.03. The maximum atomic E-state index is 14.4. The van der Waals surface area contributed by atoms with Gasteiger partial charge < -0.3 is 10.6 Å². The minimum atomic E-state index is -3.41. The number of sulfonamides is 1. The van der Waals surface area contributed by atoms with Gasteiger partial charge in [-0.3, -0.25) is 4.31 Å². The number of anilines is 3. The second kappa shape index (κ2) is 7.01. The molecule has 2 heterocycles. The number of halogens is 2. The van der Waals surface area contributed by atoms with E-state index in [0.717, 1.165) is 4.31 Å². The van der Waals surface area contributed by atoms with E-state index in [0.29, 0.717) is 36.6 Å². The molecule has 3 rings (SSSR count). The van der Waals surface area contributed by atoms with Crippen LogP contribution in [0.5, 0.6) is 0 Å². The largest absolute Gasteiger partial charge is 0.383 e. The van der Waals surface area contributed by atoms with Crippen LogP contribution in [0.2, 0.25) is 5.15 Å². The van der Waals surface area contributed by atoms with Crippen molar-refractivity contribution in [3.05, 3.63) is 41.1 Å². The van der Waals surface area contributed by atoms with Gasteiger partial charge in [0.1, 0.15) is 17.8 Å². The van der Waals surface area contributed by atoms with Crippen LogP contribution in [0.1, 0.15) is 12.0 Å². The van der Waals surface area contributed by atoms with Crippen LogP contribution in [0.25, 0.3) is 0 Å². The van der Waals surface area contributed by atoms with E-state index in [2.05, 4.69) is 20.6 Å². The van der Waals surface area contributed by atoms with E-state index >= 15 is 0 Å². The number of hydrogen-bond acceptors (Lipinski definition) is 6. The Morgan fingerprint density at radius 3 is 2.80 bits per heavy atom. The molecule has 2 aromatic rings. The highest BCUT2D eigenvalue weighted by molar-refractivity contribution is 7.93. The van der Waals surface area contributed by atoms with Crippen LogP contribution in [0.4, 0.5) is 21.6 Å². The molecule has 1 aliphatic heterocycles. The van der Waals surface area contributed by atoms with Crippen LogP contribution < -0.4 is 14.9 Å². The molecule has 134 valence electrons. The molecule has 0 spiro atoms. The smallest absolute Gasteiger partial charge is 0.235 e. The highest BCUT2D eigenvalue weighted by Crippen LogP contribution is 2.29. The number of aromatic nitrogens is 2. The van der Waals surface area contributed by atoms with Crippen LogP contribution in [0.15, 0.2) is 24.5 Å². The van der Waals surface area contributed by atoms with Crippen LogP contribution in [-0.4, -0.2) is 37.7 Å². The molecule has 0 saturated carbocycles. The van der Waals surface area contributed by atoms with Gasteiger partial charge in [0.25, 0.3) is 0 Å². The molecule has 0 radical (unpaired) electrons. The molecular formula is C15H17ClFN5O2S. The summed E-state index contributed by atoms with van der Waals surface area (Å²) in [7, 11) is -1.71. The van der Waals surface area contributed by atoms with Gasteiger partial charge in [-0.1, -0.05) is 17.7 Å². The van der Waals surface area contributed by atoms with Crippen molar-refractivity contribution in [2.24, 2.45) is 0 Å². The summed E-state index contributed by atoms with van der Waals surface area (Å²) in [6.45, 7) is 0.605. The molecule has 0 unspecified atom stereocenters. The Balaban J connectivity index is 1.77. The summed E-state index contributed by atoms with van der Waals surface area (Å²) in [5, 5.41) is 6.24. The lowest BCUT2D eigenvalue weighted by Crippen LogP contribution is -2.26. The van der Waals surface area contributed by atoms with Gasteiger partial charge in [-0.15, -0.1) is 0 Å². The van der Waals surface area contributed by atoms with E-state index in [-0.39, 0.29) is 16.6 Å². The van der Waals surface area contributed by atoms with Crippen molar-refractivity contribution in [2.45, 2.75) is 13.0 Å². The van der Waals surface area contributed by atoms with Crippen molar-refractivity contribution >= 4 is 38.8 Å². The number of hydrogen-bond donors (Lipinski definition) is 2. The van der Waals surface area contributed by atoms with Gasteiger partial charge in [0.2, 0.25) is 10.0 Å². The minimum Gasteiger partial charge on any atom is -0.383 e. The van der Waals surface area contributed by atoms with Crippen molar-refractivity contribution in [2.75, 3.05) is 34.3 Å². The molecule has 7 nitrogen and oxygen atoms in total. The first kappa shape index (κ1) is 17.7. The van der Waals surface area contributed by atoms with Gasteiger partial charge in [-0.25, -0.2) is 22.8 Å². The topological polar surface area (TPSA) is 87.2 Å². The maximum Gasteiger partial charge on any atom is 0.235 e. The summed E-state index contributed by atoms with van der Waals surface area (Å²) in [6.07, 6.45) is 1.83. The van der Waals surface area contributed by atoms with E-state index in [1.807, 2.05) is 0 Å². The molecule has 0 aliphatic carbocycles. The van der Waals surface area contributed by atoms with Gasteiger partial charge in [0.15, 0.2) is 11.0 Å². The maximum absolute atomic E-state index is 14.4. The minimum absolute atomic E-state index is 0.0526. The first-order valence-electron chi connectivity index (χ1n) is 7.63. The van der Waals surface area contributed by atoms with Gasteiger partial charge in [-0.05, 0) is 24.1 Å². The fourth-order valence-electron chi connectivity index (χ4n) is 2.68. The van der Waals surface area contributed by atoms with E-state index in [9.17, 15) is 12.8 Å². The Bertz CT molecular complexity index is 893. The SMILES string of the molecule is CNc1c(Cl)ncnc1NCc1ccc(N2CCCS2(=O)=O)c(F)c1. The summed E-state index contributed by atoms with van der Waals surface area (Å²) < 4.78 is 39.4. The molecule has 10 heteroatoms. The van der Waals surface area contributed by atoms with Crippen molar-refractivity contribution < 1.29 is 12.8 Å². The first-order valence-corrected chi connectivity index (χ1v) is 9.62. The highest BCUT2D eigenvalue weighted by atomic mass is 35.5. The summed E-state index contributed by atoms with van der Waals surface area (Å²) in [5.41, 5.74) is 1.28. The Hall–Kier alpha value is -2.13. The molecule has 1 aromatic heterocycles. The zero-order valence-corrected chi connectivity index (χ0v) is 15.0. The molecule has 0 amide bonds. The van der Waals surface area contributed by atoms with Gasteiger partial charge in [0, 0.05) is 20.1 Å². The van der Waals surface area contributed by atoms with Gasteiger partial charge >= 0.3 is 0 Å². The molecule has 1 aromatic carbocycles. The lowest BCUT2D eigenvalue weighted by molar-refractivity contribution is 0.594. The zero-order valence-electron chi connectivity index (χ0n) is 13.5. The average Bonchev–Trinajstić information content (AvgIpc) is 2.92. The summed E-state index contributed by atoms with van der Waals surface area (Å²) in [6, 6.07) is 4.49. The fourth-order valence-corrected chi connectivity index (χ4v) is 4.48. The van der Waals surface area contributed by atoms with Crippen molar-refractivity contribution in [3.63, 3.8) is 0 Å². The molecular weight excluding hydrogens is 369 g/mol. The molecule has 2 N–H and O–H groups in total. The van der Waals surface area contributed by atoms with Crippen LogP contribution in [0, 0.1) is 5.82 Å². The molecule has 1 aliphatic rings. The standard InChI is InChI=1S/C15H17ClFN5O2S/c1-18-13-14(16)20-9-21-15(13)19-8-10-3-4-12(11(17)7-10)22-5-2-6-25(22,23)24/h3-4,7,9,18H,2,5-6,8H2,1H3,(H,19,20,21). The van der Waals surface area contributed by atoms with Gasteiger partial charge in [-0.2, -0.15) is 0 Å². The Labute approximate surface area is 150 Å². The molecule has 25 heavy (non-hydrogen) atoms. The highest BCUT2D eigenvalue weighted by Gasteiger charge is 2.30. The van der Waals surface area contributed by atoms with Crippen LogP contribution in [-0.2, 0) is 16.6 Å². The summed E-state index contributed by atoms with van der Waals surface area (Å²) >= 11 is 5.98. The second-order valence-corrected chi connectivity index (χ2v) is 7.89. The van der Waals surface area contributed by atoms with Crippen LogP contribution in [0.3, 0.4) is 0 Å². The fraction of sp³-hybridized carbons (Fsp3) is 0.333. The van der Waals surface area contributed by atoms with Gasteiger partial charge in [0.05, 0.1) is 11.4 Å². The first-order chi connectivity index (χ1) is 11.9. The van der Waals surface area contributed by atoms with E-state index in [1.54, 1.807) is 13.1 Å². The number of benzene rings is 1. The second-order valence-electron chi connectivity index (χ2n) is 5.52. The van der Waals surface area contributed by atoms with E-state index in [4.69, 9.17) is 11.6 Å².